The van der Waals surface area contributed by atoms with Gasteiger partial charge in [-0.1, -0.05) is 0 Å². The zero-order valence-electron chi connectivity index (χ0n) is 8.94. The quantitative estimate of drug-likeness (QED) is 0.889. The molecule has 17 heavy (non-hydrogen) atoms. The van der Waals surface area contributed by atoms with Crippen molar-refractivity contribution in [2.24, 2.45) is 0 Å². The molecule has 0 saturated heterocycles. The molecule has 0 amide bonds. The maximum Gasteiger partial charge on any atom is 0.303 e. The molecule has 0 atom stereocenters. The molecule has 0 aliphatic carbocycles. The molecule has 2 aromatic heterocycles. The van der Waals surface area contributed by atoms with Gasteiger partial charge in [0.05, 0.1) is 16.8 Å². The number of aromatic amines is 1. The average Bonchev–Trinajstić information content (AvgIpc) is 2.86. The molecule has 0 bridgehead atoms. The Hall–Kier alpha value is -1.14. The summed E-state index contributed by atoms with van der Waals surface area (Å²) in [6.45, 7) is 0. The molecule has 2 N–H and O–H groups in total. The molecule has 0 spiro atoms. The van der Waals surface area contributed by atoms with Gasteiger partial charge >= 0.3 is 5.97 Å². The third-order valence-electron chi connectivity index (χ3n) is 2.27. The summed E-state index contributed by atoms with van der Waals surface area (Å²) in [6, 6.07) is 2.03. The van der Waals surface area contributed by atoms with E-state index < -0.39 is 5.97 Å². The van der Waals surface area contributed by atoms with E-state index in [-0.39, 0.29) is 6.42 Å². The standard InChI is InChI=1S/C11H11BrN2O2S/c12-7-4-9(17-6-7)8-5-13-10(14-8)2-1-3-11(15)16/h4-6H,1-3H2,(H,13,14)(H,15,16). The maximum absolute atomic E-state index is 10.4. The number of thiophene rings is 1. The molecule has 0 aliphatic rings. The fraction of sp³-hybridized carbons (Fsp3) is 0.273. The number of carboxylic acids is 1. The lowest BCUT2D eigenvalue weighted by Crippen LogP contribution is -1.96. The van der Waals surface area contributed by atoms with Gasteiger partial charge in [-0.2, -0.15) is 0 Å². The van der Waals surface area contributed by atoms with Crippen molar-refractivity contribution in [1.82, 2.24) is 9.97 Å². The van der Waals surface area contributed by atoms with Crippen molar-refractivity contribution in [3.63, 3.8) is 0 Å². The van der Waals surface area contributed by atoms with Crippen LogP contribution in [-0.2, 0) is 11.2 Å². The summed E-state index contributed by atoms with van der Waals surface area (Å²) < 4.78 is 1.06. The number of hydrogen-bond acceptors (Lipinski definition) is 3. The van der Waals surface area contributed by atoms with Crippen molar-refractivity contribution in [2.75, 3.05) is 0 Å². The van der Waals surface area contributed by atoms with E-state index in [9.17, 15) is 4.79 Å². The first-order chi connectivity index (χ1) is 8.15. The van der Waals surface area contributed by atoms with Gasteiger partial charge in [0.2, 0.25) is 0 Å². The Kier molecular flexibility index (Phi) is 3.96. The van der Waals surface area contributed by atoms with Gasteiger partial charge in [0, 0.05) is 22.7 Å². The molecule has 2 rings (SSSR count). The highest BCUT2D eigenvalue weighted by atomic mass is 79.9. The summed E-state index contributed by atoms with van der Waals surface area (Å²) >= 11 is 5.04. The number of nitrogens with one attached hydrogen (secondary N) is 1. The van der Waals surface area contributed by atoms with Crippen LogP contribution in [0.15, 0.2) is 22.1 Å². The molecule has 2 heterocycles. The molecule has 0 saturated carbocycles. The number of hydrogen-bond donors (Lipinski definition) is 2. The number of aromatic nitrogens is 2. The minimum Gasteiger partial charge on any atom is -0.481 e. The predicted octanol–water partition coefficient (Wildman–Crippen LogP) is 3.31. The van der Waals surface area contributed by atoms with Gasteiger partial charge in [0.15, 0.2) is 0 Å². The minimum absolute atomic E-state index is 0.181. The van der Waals surface area contributed by atoms with Crippen LogP contribution >= 0.6 is 27.3 Å². The van der Waals surface area contributed by atoms with Crippen LogP contribution in [0.4, 0.5) is 0 Å². The summed E-state index contributed by atoms with van der Waals surface area (Å²) in [5.74, 6) is 0.0738. The zero-order chi connectivity index (χ0) is 12.3. The summed E-state index contributed by atoms with van der Waals surface area (Å²) in [5.41, 5.74) is 0.978. The first-order valence-electron chi connectivity index (χ1n) is 5.15. The second-order valence-corrected chi connectivity index (χ2v) is 5.45. The van der Waals surface area contributed by atoms with Crippen LogP contribution in [0.2, 0.25) is 0 Å². The van der Waals surface area contributed by atoms with E-state index in [0.717, 1.165) is 20.9 Å². The van der Waals surface area contributed by atoms with Crippen LogP contribution in [-0.4, -0.2) is 21.0 Å². The SMILES string of the molecule is O=C(O)CCCc1ncc(-c2cc(Br)cs2)[nH]1. The van der Waals surface area contributed by atoms with Crippen molar-refractivity contribution in [2.45, 2.75) is 19.3 Å². The Balaban J connectivity index is 1.98. The number of halogens is 1. The van der Waals surface area contributed by atoms with Gasteiger partial charge in [0.1, 0.15) is 5.82 Å². The molecular formula is C11H11BrN2O2S. The number of rotatable bonds is 5. The fourth-order valence-electron chi connectivity index (χ4n) is 1.48. The predicted molar refractivity (Wildman–Crippen MR) is 70.2 cm³/mol. The van der Waals surface area contributed by atoms with Crippen molar-refractivity contribution in [3.05, 3.63) is 27.9 Å². The first kappa shape index (κ1) is 12.3. The second kappa shape index (κ2) is 5.46. The van der Waals surface area contributed by atoms with Gasteiger partial charge in [-0.3, -0.25) is 4.79 Å². The Morgan fingerprint density at radius 2 is 2.41 bits per heavy atom. The molecule has 0 aromatic carbocycles. The smallest absolute Gasteiger partial charge is 0.303 e. The minimum atomic E-state index is -0.765. The number of aliphatic carboxylic acids is 1. The van der Waals surface area contributed by atoms with Crippen molar-refractivity contribution in [3.8, 4) is 10.6 Å². The number of aryl methyl sites for hydroxylation is 1. The van der Waals surface area contributed by atoms with E-state index in [1.165, 1.54) is 0 Å². The molecule has 90 valence electrons. The molecule has 0 aliphatic heterocycles. The summed E-state index contributed by atoms with van der Waals surface area (Å²) in [4.78, 5) is 18.9. The first-order valence-corrected chi connectivity index (χ1v) is 6.82. The van der Waals surface area contributed by atoms with Gasteiger partial charge in [-0.15, -0.1) is 11.3 Å². The molecule has 0 unspecified atom stereocenters. The summed E-state index contributed by atoms with van der Waals surface area (Å²) in [6.07, 6.45) is 3.24. The second-order valence-electron chi connectivity index (χ2n) is 3.62. The molecule has 0 radical (unpaired) electrons. The zero-order valence-corrected chi connectivity index (χ0v) is 11.3. The van der Waals surface area contributed by atoms with Crippen LogP contribution in [0, 0.1) is 0 Å². The third-order valence-corrected chi connectivity index (χ3v) is 3.99. The van der Waals surface area contributed by atoms with Crippen LogP contribution in [0.3, 0.4) is 0 Å². The number of carbonyl (C=O) groups is 1. The van der Waals surface area contributed by atoms with E-state index in [0.29, 0.717) is 12.8 Å². The number of H-pyrrole nitrogens is 1. The lowest BCUT2D eigenvalue weighted by molar-refractivity contribution is -0.137. The largest absolute Gasteiger partial charge is 0.481 e. The Labute approximate surface area is 111 Å². The van der Waals surface area contributed by atoms with Crippen LogP contribution in [0.1, 0.15) is 18.7 Å². The highest BCUT2D eigenvalue weighted by Crippen LogP contribution is 2.28. The highest BCUT2D eigenvalue weighted by Gasteiger charge is 2.06. The molecule has 4 nitrogen and oxygen atoms in total. The molecule has 6 heteroatoms. The van der Waals surface area contributed by atoms with Gasteiger partial charge < -0.3 is 10.1 Å². The molecule has 2 aromatic rings. The number of imidazole rings is 1. The van der Waals surface area contributed by atoms with Crippen LogP contribution in [0.25, 0.3) is 10.6 Å². The highest BCUT2D eigenvalue weighted by molar-refractivity contribution is 9.10. The van der Waals surface area contributed by atoms with Crippen molar-refractivity contribution in [1.29, 1.82) is 0 Å². The average molecular weight is 315 g/mol. The third kappa shape index (κ3) is 3.41. The van der Waals surface area contributed by atoms with Crippen molar-refractivity contribution >= 4 is 33.2 Å². The van der Waals surface area contributed by atoms with Crippen molar-refractivity contribution < 1.29 is 9.90 Å². The van der Waals surface area contributed by atoms with E-state index in [4.69, 9.17) is 5.11 Å². The maximum atomic E-state index is 10.4. The fourth-order valence-corrected chi connectivity index (χ4v) is 2.87. The lowest BCUT2D eigenvalue weighted by Gasteiger charge is -1.94. The van der Waals surface area contributed by atoms with E-state index >= 15 is 0 Å². The van der Waals surface area contributed by atoms with Gasteiger partial charge in [-0.05, 0) is 28.4 Å². The van der Waals surface area contributed by atoms with E-state index in [1.807, 2.05) is 11.4 Å². The van der Waals surface area contributed by atoms with Gasteiger partial charge in [-0.25, -0.2) is 4.98 Å². The lowest BCUT2D eigenvalue weighted by atomic mass is 10.2. The topological polar surface area (TPSA) is 66.0 Å². The normalized spacial score (nSPS) is 10.6. The van der Waals surface area contributed by atoms with Crippen LogP contribution < -0.4 is 0 Å². The van der Waals surface area contributed by atoms with Crippen LogP contribution in [0.5, 0.6) is 0 Å². The molecular weight excluding hydrogens is 304 g/mol. The van der Waals surface area contributed by atoms with E-state index in [1.54, 1.807) is 17.5 Å². The molecule has 0 fully saturated rings. The monoisotopic (exact) mass is 314 g/mol. The van der Waals surface area contributed by atoms with Gasteiger partial charge in [0.25, 0.3) is 0 Å². The number of nitrogens with zero attached hydrogens (tertiary/aromatic N) is 1. The number of carboxylic acid groups (broad SMARTS) is 1. The van der Waals surface area contributed by atoms with E-state index in [2.05, 4.69) is 25.9 Å². The Morgan fingerprint density at radius 1 is 1.59 bits per heavy atom. The summed E-state index contributed by atoms with van der Waals surface area (Å²) in [5, 5.41) is 10.6. The summed E-state index contributed by atoms with van der Waals surface area (Å²) in [7, 11) is 0. The Morgan fingerprint density at radius 3 is 3.06 bits per heavy atom. The Bertz CT molecular complexity index is 521.